The van der Waals surface area contributed by atoms with Gasteiger partial charge in [-0.1, -0.05) is 11.6 Å². The number of ether oxygens (including phenoxy) is 1. The summed E-state index contributed by atoms with van der Waals surface area (Å²) in [5.74, 6) is 0.0520. The molecule has 0 fully saturated rings. The van der Waals surface area contributed by atoms with Crippen molar-refractivity contribution in [1.29, 1.82) is 0 Å². The lowest BCUT2D eigenvalue weighted by Crippen LogP contribution is -1.99. The Morgan fingerprint density at radius 2 is 1.74 bits per heavy atom. The lowest BCUT2D eigenvalue weighted by Gasteiger charge is -2.14. The third kappa shape index (κ3) is 3.59. The van der Waals surface area contributed by atoms with Crippen molar-refractivity contribution in [3.63, 3.8) is 0 Å². The van der Waals surface area contributed by atoms with Crippen LogP contribution in [0.4, 0.5) is 0 Å². The molecule has 1 aromatic carbocycles. The van der Waals surface area contributed by atoms with Gasteiger partial charge in [0.05, 0.1) is 7.11 Å². The summed E-state index contributed by atoms with van der Waals surface area (Å²) >= 11 is 6.29. The molecule has 2 rings (SSSR count). The number of Topliss-reactive ketones (excluding diaryl/α,β-unsaturated/α-hetero) is 1. The zero-order chi connectivity index (χ0) is 17.1. The van der Waals surface area contributed by atoms with E-state index in [0.717, 1.165) is 33.4 Å². The van der Waals surface area contributed by atoms with Gasteiger partial charge in [0.1, 0.15) is 0 Å². The molecule has 1 heterocycles. The predicted molar refractivity (Wildman–Crippen MR) is 92.7 cm³/mol. The van der Waals surface area contributed by atoms with Gasteiger partial charge in [0.15, 0.2) is 5.78 Å². The minimum atomic E-state index is 0.0520. The summed E-state index contributed by atoms with van der Waals surface area (Å²) in [5, 5.41) is 0.604. The number of carbonyl (C=O) groups excluding carboxylic acids is 1. The Morgan fingerprint density at radius 3 is 2.26 bits per heavy atom. The summed E-state index contributed by atoms with van der Waals surface area (Å²) in [5.41, 5.74) is 5.42. The van der Waals surface area contributed by atoms with Crippen LogP contribution in [0.3, 0.4) is 0 Å². The molecule has 0 aliphatic carbocycles. The summed E-state index contributed by atoms with van der Waals surface area (Å²) in [6.45, 7) is 7.33. The number of methoxy groups -OCH3 is 1. The van der Waals surface area contributed by atoms with Crippen LogP contribution in [0.15, 0.2) is 30.1 Å². The molecule has 0 bridgehead atoms. The summed E-state index contributed by atoms with van der Waals surface area (Å²) in [7, 11) is 1.52. The Balaban J connectivity index is 2.63. The number of rotatable bonds is 4. The van der Waals surface area contributed by atoms with E-state index >= 15 is 0 Å². The zero-order valence-electron chi connectivity index (χ0n) is 13.9. The van der Waals surface area contributed by atoms with Crippen molar-refractivity contribution >= 4 is 23.0 Å². The molecule has 1 aromatic heterocycles. The zero-order valence-corrected chi connectivity index (χ0v) is 14.7. The third-order valence-corrected chi connectivity index (χ3v) is 4.21. The Kier molecular flexibility index (Phi) is 5.16. The van der Waals surface area contributed by atoms with Gasteiger partial charge in [-0.25, -0.2) is 9.97 Å². The molecule has 2 aromatic rings. The van der Waals surface area contributed by atoms with Crippen LogP contribution < -0.4 is 4.74 Å². The molecule has 0 saturated heterocycles. The smallest absolute Gasteiger partial charge is 0.316 e. The van der Waals surface area contributed by atoms with Gasteiger partial charge in [-0.05, 0) is 67.7 Å². The Morgan fingerprint density at radius 1 is 1.13 bits per heavy atom. The fourth-order valence-corrected chi connectivity index (χ4v) is 2.61. The first-order valence-electron chi connectivity index (χ1n) is 7.20. The first kappa shape index (κ1) is 17.2. The van der Waals surface area contributed by atoms with Crippen LogP contribution in [-0.2, 0) is 4.79 Å². The molecule has 0 unspecified atom stereocenters. The summed E-state index contributed by atoms with van der Waals surface area (Å²) in [6, 6.07) is 4.08. The molecule has 0 N–H and O–H groups in total. The number of aromatic nitrogens is 2. The van der Waals surface area contributed by atoms with Crippen LogP contribution in [0.5, 0.6) is 6.01 Å². The minimum Gasteiger partial charge on any atom is -0.467 e. The van der Waals surface area contributed by atoms with Crippen LogP contribution in [0.25, 0.3) is 16.7 Å². The number of allylic oxidation sites excluding steroid dienone is 2. The number of benzene rings is 1. The Labute approximate surface area is 141 Å². The van der Waals surface area contributed by atoms with E-state index in [1.165, 1.54) is 7.11 Å². The van der Waals surface area contributed by atoms with Gasteiger partial charge in [-0.2, -0.15) is 0 Å². The molecule has 0 radical (unpaired) electrons. The number of hydrogen-bond donors (Lipinski definition) is 0. The van der Waals surface area contributed by atoms with E-state index in [2.05, 4.69) is 9.97 Å². The van der Waals surface area contributed by atoms with Gasteiger partial charge in [0.2, 0.25) is 0 Å². The van der Waals surface area contributed by atoms with E-state index in [1.54, 1.807) is 19.3 Å². The molecule has 4 nitrogen and oxygen atoms in total. The van der Waals surface area contributed by atoms with Crippen LogP contribution in [0.1, 0.15) is 31.9 Å². The molecule has 0 aliphatic heterocycles. The predicted octanol–water partition coefficient (Wildman–Crippen LogP) is 4.50. The van der Waals surface area contributed by atoms with Crippen molar-refractivity contribution in [2.45, 2.75) is 27.7 Å². The largest absolute Gasteiger partial charge is 0.467 e. The lowest BCUT2D eigenvalue weighted by molar-refractivity contribution is -0.113. The van der Waals surface area contributed by atoms with Gasteiger partial charge < -0.3 is 4.74 Å². The maximum absolute atomic E-state index is 11.7. The van der Waals surface area contributed by atoms with E-state index in [4.69, 9.17) is 16.3 Å². The quantitative estimate of drug-likeness (QED) is 0.775. The van der Waals surface area contributed by atoms with Crippen LogP contribution in [-0.4, -0.2) is 22.9 Å². The van der Waals surface area contributed by atoms with Crippen molar-refractivity contribution < 1.29 is 9.53 Å². The number of ketones is 1. The molecule has 120 valence electrons. The Hall–Kier alpha value is -2.20. The molecular weight excluding hydrogens is 312 g/mol. The average Bonchev–Trinajstić information content (AvgIpc) is 2.55. The van der Waals surface area contributed by atoms with Crippen LogP contribution >= 0.6 is 11.6 Å². The highest BCUT2D eigenvalue weighted by Gasteiger charge is 2.13. The highest BCUT2D eigenvalue weighted by Crippen LogP contribution is 2.33. The van der Waals surface area contributed by atoms with Gasteiger partial charge in [0, 0.05) is 23.0 Å². The summed E-state index contributed by atoms with van der Waals surface area (Å²) < 4.78 is 4.99. The molecule has 0 atom stereocenters. The Bertz CT molecular complexity index is 780. The summed E-state index contributed by atoms with van der Waals surface area (Å²) in [6.07, 6.45) is 3.40. The second-order valence-electron chi connectivity index (χ2n) is 5.39. The number of hydrogen-bond acceptors (Lipinski definition) is 4. The summed E-state index contributed by atoms with van der Waals surface area (Å²) in [4.78, 5) is 19.9. The standard InChI is InChI=1S/C18H19ClN2O2/c1-10(13(4)22)11(2)16-6-15(19)7-17(12(16)3)14-8-20-18(23-5)21-9-14/h6-9H,1-5H3/b11-10+. The first-order chi connectivity index (χ1) is 10.8. The molecular formula is C18H19ClN2O2. The van der Waals surface area contributed by atoms with Crippen molar-refractivity contribution in [2.24, 2.45) is 0 Å². The van der Waals surface area contributed by atoms with Crippen LogP contribution in [0, 0.1) is 6.92 Å². The van der Waals surface area contributed by atoms with E-state index in [9.17, 15) is 4.79 Å². The van der Waals surface area contributed by atoms with E-state index in [0.29, 0.717) is 11.0 Å². The fourth-order valence-electron chi connectivity index (χ4n) is 2.40. The van der Waals surface area contributed by atoms with Gasteiger partial charge in [0.25, 0.3) is 0 Å². The second kappa shape index (κ2) is 6.92. The van der Waals surface area contributed by atoms with Gasteiger partial charge in [-0.15, -0.1) is 0 Å². The molecule has 0 saturated carbocycles. The van der Waals surface area contributed by atoms with Crippen LogP contribution in [0.2, 0.25) is 5.02 Å². The molecule has 5 heteroatoms. The number of carbonyl (C=O) groups is 1. The van der Waals surface area contributed by atoms with Crippen molar-refractivity contribution in [2.75, 3.05) is 7.11 Å². The third-order valence-electron chi connectivity index (χ3n) is 3.99. The first-order valence-corrected chi connectivity index (χ1v) is 7.58. The fraction of sp³-hybridized carbons (Fsp3) is 0.278. The lowest BCUT2D eigenvalue weighted by atomic mass is 9.91. The maximum atomic E-state index is 11.7. The van der Waals surface area contributed by atoms with Crippen molar-refractivity contribution in [3.05, 3.63) is 46.2 Å². The minimum absolute atomic E-state index is 0.0520. The van der Waals surface area contributed by atoms with E-state index in [1.807, 2.05) is 32.9 Å². The topological polar surface area (TPSA) is 52.1 Å². The highest BCUT2D eigenvalue weighted by atomic mass is 35.5. The second-order valence-corrected chi connectivity index (χ2v) is 5.83. The van der Waals surface area contributed by atoms with Gasteiger partial charge in [-0.3, -0.25) is 4.79 Å². The normalized spacial score (nSPS) is 11.9. The van der Waals surface area contributed by atoms with E-state index in [-0.39, 0.29) is 5.78 Å². The van der Waals surface area contributed by atoms with Crippen molar-refractivity contribution in [1.82, 2.24) is 9.97 Å². The molecule has 23 heavy (non-hydrogen) atoms. The number of halogens is 1. The number of nitrogens with zero attached hydrogens (tertiary/aromatic N) is 2. The SMILES string of the molecule is COc1ncc(-c2cc(Cl)cc(/C(C)=C(\C)C(C)=O)c2C)cn1. The highest BCUT2D eigenvalue weighted by molar-refractivity contribution is 6.31. The van der Waals surface area contributed by atoms with Gasteiger partial charge >= 0.3 is 6.01 Å². The maximum Gasteiger partial charge on any atom is 0.316 e. The van der Waals surface area contributed by atoms with E-state index < -0.39 is 0 Å². The van der Waals surface area contributed by atoms with Crippen molar-refractivity contribution in [3.8, 4) is 17.1 Å². The molecule has 0 amide bonds. The average molecular weight is 331 g/mol. The molecule has 0 aliphatic rings. The molecule has 0 spiro atoms. The monoisotopic (exact) mass is 330 g/mol.